The number of carbonyl (C=O) groups excluding carboxylic acids is 1. The maximum absolute atomic E-state index is 13.1. The largest absolute Gasteiger partial charge is 0.427 e. The third-order valence-corrected chi connectivity index (χ3v) is 6.42. The van der Waals surface area contributed by atoms with Gasteiger partial charge in [0.1, 0.15) is 11.3 Å². The Hall–Kier alpha value is -1.92. The van der Waals surface area contributed by atoms with Crippen LogP contribution in [0, 0.1) is 6.92 Å². The fourth-order valence-corrected chi connectivity index (χ4v) is 4.71. The molecule has 0 atom stereocenters. The molecule has 3 aliphatic rings. The highest BCUT2D eigenvalue weighted by Gasteiger charge is 2.37. The van der Waals surface area contributed by atoms with E-state index < -0.39 is 5.63 Å². The average molecular weight is 386 g/mol. The van der Waals surface area contributed by atoms with Crippen LogP contribution < -0.4 is 10.9 Å². The molecule has 1 spiro atoms. The van der Waals surface area contributed by atoms with Gasteiger partial charge in [-0.2, -0.15) is 0 Å². The van der Waals surface area contributed by atoms with E-state index >= 15 is 0 Å². The lowest BCUT2D eigenvalue weighted by molar-refractivity contribution is -0.0522. The molecule has 4 heterocycles. The van der Waals surface area contributed by atoms with Gasteiger partial charge < -0.3 is 19.4 Å². The van der Waals surface area contributed by atoms with Gasteiger partial charge in [0.05, 0.1) is 12.2 Å². The van der Waals surface area contributed by atoms with Crippen LogP contribution in [0.25, 0.3) is 0 Å². The van der Waals surface area contributed by atoms with Crippen molar-refractivity contribution in [3.63, 3.8) is 0 Å². The van der Waals surface area contributed by atoms with E-state index in [2.05, 4.69) is 18.3 Å². The summed E-state index contributed by atoms with van der Waals surface area (Å²) >= 11 is 0. The Bertz CT molecular complexity index is 827. The number of piperidine rings is 2. The summed E-state index contributed by atoms with van der Waals surface area (Å²) in [6, 6.07) is 1.90. The van der Waals surface area contributed by atoms with Crippen molar-refractivity contribution in [1.82, 2.24) is 10.2 Å². The normalized spacial score (nSPS) is 22.9. The highest BCUT2D eigenvalue weighted by Crippen LogP contribution is 2.33. The van der Waals surface area contributed by atoms with Crippen molar-refractivity contribution in [2.45, 2.75) is 57.5 Å². The molecule has 152 valence electrons. The highest BCUT2D eigenvalue weighted by molar-refractivity contribution is 5.95. The number of carbonyl (C=O) groups is 1. The van der Waals surface area contributed by atoms with E-state index in [1.54, 1.807) is 4.90 Å². The van der Waals surface area contributed by atoms with Gasteiger partial charge >= 0.3 is 5.63 Å². The summed E-state index contributed by atoms with van der Waals surface area (Å²) < 4.78 is 11.6. The molecule has 2 fully saturated rings. The molecule has 1 amide bonds. The van der Waals surface area contributed by atoms with Crippen molar-refractivity contribution < 1.29 is 13.9 Å². The number of nitrogens with one attached hydrogen (secondary N) is 1. The van der Waals surface area contributed by atoms with E-state index in [0.29, 0.717) is 13.1 Å². The molecule has 1 aromatic rings. The molecule has 1 N–H and O–H groups in total. The SMILES string of the molecule is CC1=CC2(CCN(C(=O)c3c(C)cc(C4CCNCC4)oc3=O)CC2)OCC1. The van der Waals surface area contributed by atoms with Crippen molar-refractivity contribution in [2.75, 3.05) is 32.8 Å². The summed E-state index contributed by atoms with van der Waals surface area (Å²) in [5, 5.41) is 3.32. The molecule has 0 saturated carbocycles. The van der Waals surface area contributed by atoms with Gasteiger partial charge in [0, 0.05) is 19.0 Å². The number of nitrogens with zero attached hydrogens (tertiary/aromatic N) is 1. The van der Waals surface area contributed by atoms with Crippen LogP contribution in [0.4, 0.5) is 0 Å². The van der Waals surface area contributed by atoms with Gasteiger partial charge in [0.25, 0.3) is 5.91 Å². The van der Waals surface area contributed by atoms with Crippen LogP contribution in [0.2, 0.25) is 0 Å². The van der Waals surface area contributed by atoms with Crippen LogP contribution in [-0.4, -0.2) is 49.2 Å². The van der Waals surface area contributed by atoms with Crippen molar-refractivity contribution in [1.29, 1.82) is 0 Å². The van der Waals surface area contributed by atoms with Crippen molar-refractivity contribution in [3.05, 3.63) is 45.0 Å². The zero-order valence-corrected chi connectivity index (χ0v) is 16.9. The number of ether oxygens (including phenoxy) is 1. The molecule has 0 radical (unpaired) electrons. The maximum atomic E-state index is 13.1. The molecule has 1 aromatic heterocycles. The van der Waals surface area contributed by atoms with Gasteiger partial charge in [-0.3, -0.25) is 4.79 Å². The summed E-state index contributed by atoms with van der Waals surface area (Å²) in [6.07, 6.45) is 6.66. The topological polar surface area (TPSA) is 71.8 Å². The van der Waals surface area contributed by atoms with E-state index in [0.717, 1.165) is 63.1 Å². The third-order valence-electron chi connectivity index (χ3n) is 6.42. The Kier molecular flexibility index (Phi) is 5.43. The molecule has 0 bridgehead atoms. The van der Waals surface area contributed by atoms with Crippen LogP contribution >= 0.6 is 0 Å². The molecular formula is C22H30N2O4. The molecule has 0 aromatic carbocycles. The van der Waals surface area contributed by atoms with E-state index in [-0.39, 0.29) is 23.0 Å². The molecule has 3 aliphatic heterocycles. The number of aryl methyl sites for hydroxylation is 1. The van der Waals surface area contributed by atoms with Crippen LogP contribution in [0.3, 0.4) is 0 Å². The van der Waals surface area contributed by atoms with Gasteiger partial charge in [0.15, 0.2) is 0 Å². The first kappa shape index (κ1) is 19.4. The Morgan fingerprint density at radius 1 is 1.21 bits per heavy atom. The second-order valence-corrected chi connectivity index (χ2v) is 8.46. The van der Waals surface area contributed by atoms with Gasteiger partial charge in [-0.25, -0.2) is 4.79 Å². The quantitative estimate of drug-likeness (QED) is 0.792. The summed E-state index contributed by atoms with van der Waals surface area (Å²) in [4.78, 5) is 27.5. The van der Waals surface area contributed by atoms with Crippen molar-refractivity contribution in [3.8, 4) is 0 Å². The minimum Gasteiger partial charge on any atom is -0.427 e. The molecule has 0 aliphatic carbocycles. The Morgan fingerprint density at radius 3 is 2.57 bits per heavy atom. The lowest BCUT2D eigenvalue weighted by Crippen LogP contribution is -2.49. The van der Waals surface area contributed by atoms with Gasteiger partial charge in [-0.05, 0) is 70.7 Å². The zero-order valence-electron chi connectivity index (χ0n) is 16.9. The second-order valence-electron chi connectivity index (χ2n) is 8.46. The van der Waals surface area contributed by atoms with Gasteiger partial charge in [0.2, 0.25) is 0 Å². The zero-order chi connectivity index (χ0) is 19.7. The number of hydrogen-bond acceptors (Lipinski definition) is 5. The number of hydrogen-bond donors (Lipinski definition) is 1. The van der Waals surface area contributed by atoms with Crippen LogP contribution in [0.5, 0.6) is 0 Å². The minimum atomic E-state index is -0.497. The van der Waals surface area contributed by atoms with Gasteiger partial charge in [-0.15, -0.1) is 0 Å². The fourth-order valence-electron chi connectivity index (χ4n) is 4.71. The molecule has 6 heteroatoms. The molecule has 6 nitrogen and oxygen atoms in total. The lowest BCUT2D eigenvalue weighted by atomic mass is 9.86. The van der Waals surface area contributed by atoms with Crippen LogP contribution in [0.15, 0.2) is 26.9 Å². The monoisotopic (exact) mass is 386 g/mol. The van der Waals surface area contributed by atoms with E-state index in [1.165, 1.54) is 5.57 Å². The highest BCUT2D eigenvalue weighted by atomic mass is 16.5. The smallest absolute Gasteiger partial charge is 0.349 e. The predicted octanol–water partition coefficient (Wildman–Crippen LogP) is 2.76. The van der Waals surface area contributed by atoms with Gasteiger partial charge in [-0.1, -0.05) is 11.6 Å². The number of likely N-dealkylation sites (tertiary alicyclic amines) is 1. The number of rotatable bonds is 2. The van der Waals surface area contributed by atoms with Crippen molar-refractivity contribution in [2.24, 2.45) is 0 Å². The van der Waals surface area contributed by atoms with E-state index in [4.69, 9.17) is 9.15 Å². The lowest BCUT2D eigenvalue weighted by Gasteiger charge is -2.42. The molecule has 28 heavy (non-hydrogen) atoms. The standard InChI is InChI=1S/C22H30N2O4/c1-15-5-12-27-22(14-15)6-10-24(11-7-22)20(25)19-16(2)13-18(28-21(19)26)17-3-8-23-9-4-17/h13-14,17,23H,3-12H2,1-2H3. The Labute approximate surface area is 165 Å². The maximum Gasteiger partial charge on any atom is 0.349 e. The molecule has 0 unspecified atom stereocenters. The predicted molar refractivity (Wildman–Crippen MR) is 107 cm³/mol. The fraction of sp³-hybridized carbons (Fsp3) is 0.636. The first-order valence-corrected chi connectivity index (χ1v) is 10.4. The molecule has 4 rings (SSSR count). The third kappa shape index (κ3) is 3.80. The molecular weight excluding hydrogens is 356 g/mol. The first-order valence-electron chi connectivity index (χ1n) is 10.4. The summed E-state index contributed by atoms with van der Waals surface area (Å²) in [5.41, 5.74) is 1.53. The van der Waals surface area contributed by atoms with Crippen molar-refractivity contribution >= 4 is 5.91 Å². The van der Waals surface area contributed by atoms with Crippen LogP contribution in [0.1, 0.15) is 66.6 Å². The summed E-state index contributed by atoms with van der Waals surface area (Å²) in [7, 11) is 0. The van der Waals surface area contributed by atoms with E-state index in [9.17, 15) is 9.59 Å². The Morgan fingerprint density at radius 2 is 1.93 bits per heavy atom. The minimum absolute atomic E-state index is 0.185. The van der Waals surface area contributed by atoms with Crippen LogP contribution in [-0.2, 0) is 4.74 Å². The Balaban J connectivity index is 1.49. The molecule has 2 saturated heterocycles. The average Bonchev–Trinajstić information content (AvgIpc) is 2.68. The summed E-state index contributed by atoms with van der Waals surface area (Å²) in [5.74, 6) is 0.758. The number of amides is 1. The summed E-state index contributed by atoms with van der Waals surface area (Å²) in [6.45, 7) is 7.78. The van der Waals surface area contributed by atoms with E-state index in [1.807, 2.05) is 13.0 Å². The second kappa shape index (κ2) is 7.84. The first-order chi connectivity index (χ1) is 13.5.